The highest BCUT2D eigenvalue weighted by Gasteiger charge is 2.18. The third kappa shape index (κ3) is 6.72. The lowest BCUT2D eigenvalue weighted by molar-refractivity contribution is -0.119. The first-order chi connectivity index (χ1) is 12.6. The highest BCUT2D eigenvalue weighted by molar-refractivity contribution is 7.80. The molecule has 2 rings (SSSR count). The fourth-order valence-corrected chi connectivity index (χ4v) is 3.00. The van der Waals surface area contributed by atoms with Gasteiger partial charge in [0.1, 0.15) is 0 Å². The van der Waals surface area contributed by atoms with Crippen LogP contribution in [0.2, 0.25) is 0 Å². The average molecular weight is 378 g/mol. The molecule has 142 valence electrons. The van der Waals surface area contributed by atoms with Gasteiger partial charge in [-0.1, -0.05) is 31.9 Å². The Morgan fingerprint density at radius 3 is 2.81 bits per heavy atom. The molecule has 1 atom stereocenters. The maximum atomic E-state index is 12.5. The lowest BCUT2D eigenvalue weighted by Gasteiger charge is -2.15. The van der Waals surface area contributed by atoms with E-state index in [2.05, 4.69) is 22.9 Å². The Morgan fingerprint density at radius 1 is 1.27 bits per heavy atom. The van der Waals surface area contributed by atoms with Gasteiger partial charge < -0.3 is 20.7 Å². The number of ether oxygens (including phenoxy) is 1. The van der Waals surface area contributed by atoms with Gasteiger partial charge in [0, 0.05) is 19.6 Å². The minimum atomic E-state index is -0.194. The van der Waals surface area contributed by atoms with E-state index in [9.17, 15) is 9.59 Å². The molecule has 0 aromatic heterocycles. The summed E-state index contributed by atoms with van der Waals surface area (Å²) in [5.41, 5.74) is 1.05. The number of para-hydroxylation sites is 1. The largest absolute Gasteiger partial charge is 0.376 e. The number of unbranched alkanes of at least 4 members (excludes halogenated alkanes) is 2. The van der Waals surface area contributed by atoms with Crippen LogP contribution in [-0.4, -0.2) is 36.2 Å². The fraction of sp³-hybridized carbons (Fsp3) is 0.526. The topological polar surface area (TPSA) is 79.5 Å². The van der Waals surface area contributed by atoms with Crippen molar-refractivity contribution in [3.8, 4) is 0 Å². The second kappa shape index (κ2) is 10.9. The van der Waals surface area contributed by atoms with Crippen LogP contribution in [0.3, 0.4) is 0 Å². The van der Waals surface area contributed by atoms with E-state index in [1.54, 1.807) is 18.2 Å². The van der Waals surface area contributed by atoms with Crippen molar-refractivity contribution >= 4 is 34.8 Å². The Bertz CT molecular complexity index is 630. The summed E-state index contributed by atoms with van der Waals surface area (Å²) in [7, 11) is 0. The minimum absolute atomic E-state index is 0.0857. The maximum Gasteiger partial charge on any atom is 0.253 e. The molecule has 0 bridgehead atoms. The smallest absolute Gasteiger partial charge is 0.253 e. The molecule has 0 saturated carbocycles. The summed E-state index contributed by atoms with van der Waals surface area (Å²) in [6, 6.07) is 7.08. The molecular weight excluding hydrogens is 350 g/mol. The Kier molecular flexibility index (Phi) is 8.50. The molecule has 1 aromatic carbocycles. The molecule has 0 unspecified atom stereocenters. The number of hydrogen-bond acceptors (Lipinski definition) is 4. The summed E-state index contributed by atoms with van der Waals surface area (Å²) in [4.78, 5) is 24.3. The molecule has 0 radical (unpaired) electrons. The monoisotopic (exact) mass is 377 g/mol. The molecule has 7 heteroatoms. The van der Waals surface area contributed by atoms with E-state index < -0.39 is 0 Å². The Balaban J connectivity index is 1.87. The number of nitrogens with one attached hydrogen (secondary N) is 3. The van der Waals surface area contributed by atoms with Crippen molar-refractivity contribution in [1.29, 1.82) is 0 Å². The van der Waals surface area contributed by atoms with Crippen LogP contribution < -0.4 is 16.0 Å². The van der Waals surface area contributed by atoms with Gasteiger partial charge in [0.15, 0.2) is 5.11 Å². The summed E-state index contributed by atoms with van der Waals surface area (Å²) >= 11 is 5.19. The van der Waals surface area contributed by atoms with Crippen LogP contribution in [0.4, 0.5) is 5.69 Å². The summed E-state index contributed by atoms with van der Waals surface area (Å²) in [6.45, 7) is 3.33. The number of carbonyl (C=O) groups is 2. The molecule has 3 N–H and O–H groups in total. The van der Waals surface area contributed by atoms with E-state index in [1.807, 2.05) is 6.07 Å². The maximum absolute atomic E-state index is 12.5. The Hall–Kier alpha value is -1.99. The molecule has 1 heterocycles. The minimum Gasteiger partial charge on any atom is -0.376 e. The van der Waals surface area contributed by atoms with Crippen molar-refractivity contribution in [3.05, 3.63) is 29.8 Å². The molecule has 0 aliphatic carbocycles. The van der Waals surface area contributed by atoms with Gasteiger partial charge in [0.05, 0.1) is 17.4 Å². The number of anilines is 1. The van der Waals surface area contributed by atoms with Gasteiger partial charge in [0.2, 0.25) is 5.91 Å². The van der Waals surface area contributed by atoms with Crippen LogP contribution in [0.5, 0.6) is 0 Å². The van der Waals surface area contributed by atoms with E-state index in [1.165, 1.54) is 0 Å². The molecule has 0 spiro atoms. The molecule has 2 amide bonds. The lowest BCUT2D eigenvalue weighted by Crippen LogP contribution is -2.35. The molecular formula is C19H27N3O3S. The second-order valence-electron chi connectivity index (χ2n) is 6.35. The number of hydrogen-bond donors (Lipinski definition) is 3. The molecule has 1 aromatic rings. The van der Waals surface area contributed by atoms with Gasteiger partial charge in [-0.2, -0.15) is 0 Å². The Morgan fingerprint density at radius 2 is 2.08 bits per heavy atom. The summed E-state index contributed by atoms with van der Waals surface area (Å²) in [5.74, 6) is -0.308. The standard InChI is InChI=1S/C19H27N3O3S/c1-2-3-4-11-17(23)22-19(26)21-16-10-6-5-9-15(16)18(24)20-13-14-8-7-12-25-14/h5-6,9-10,14H,2-4,7-8,11-13H2,1H3,(H,20,24)(H2,21,22,23,26)/t14-/m0/s1. The average Bonchev–Trinajstić information content (AvgIpc) is 3.14. The zero-order chi connectivity index (χ0) is 18.8. The van der Waals surface area contributed by atoms with Gasteiger partial charge >= 0.3 is 0 Å². The Labute approximate surface area is 160 Å². The van der Waals surface area contributed by atoms with Gasteiger partial charge in [-0.3, -0.25) is 9.59 Å². The van der Waals surface area contributed by atoms with Crippen molar-refractivity contribution in [1.82, 2.24) is 10.6 Å². The van der Waals surface area contributed by atoms with Gasteiger partial charge in [-0.15, -0.1) is 0 Å². The van der Waals surface area contributed by atoms with Crippen LogP contribution in [-0.2, 0) is 9.53 Å². The number of thiocarbonyl (C=S) groups is 1. The molecule has 6 nitrogen and oxygen atoms in total. The van der Waals surface area contributed by atoms with Crippen LogP contribution >= 0.6 is 12.2 Å². The van der Waals surface area contributed by atoms with Gasteiger partial charge in [-0.25, -0.2) is 0 Å². The normalized spacial score (nSPS) is 16.1. The quantitative estimate of drug-likeness (QED) is 0.479. The van der Waals surface area contributed by atoms with Gasteiger partial charge in [0.25, 0.3) is 5.91 Å². The van der Waals surface area contributed by atoms with Crippen molar-refractivity contribution in [2.24, 2.45) is 0 Å². The van der Waals surface area contributed by atoms with Crippen LogP contribution in [0, 0.1) is 0 Å². The molecule has 1 aliphatic heterocycles. The second-order valence-corrected chi connectivity index (χ2v) is 6.76. The van der Waals surface area contributed by atoms with Crippen molar-refractivity contribution in [2.45, 2.75) is 51.6 Å². The molecule has 1 aliphatic rings. The lowest BCUT2D eigenvalue weighted by atomic mass is 10.1. The van der Waals surface area contributed by atoms with Crippen LogP contribution in [0.25, 0.3) is 0 Å². The van der Waals surface area contributed by atoms with E-state index in [4.69, 9.17) is 17.0 Å². The van der Waals surface area contributed by atoms with Crippen molar-refractivity contribution in [3.63, 3.8) is 0 Å². The number of carbonyl (C=O) groups excluding carboxylic acids is 2. The highest BCUT2D eigenvalue weighted by Crippen LogP contribution is 2.16. The fourth-order valence-electron chi connectivity index (χ4n) is 2.78. The first-order valence-electron chi connectivity index (χ1n) is 9.19. The van der Waals surface area contributed by atoms with Crippen LogP contribution in [0.1, 0.15) is 55.8 Å². The third-order valence-corrected chi connectivity index (χ3v) is 4.40. The third-order valence-electron chi connectivity index (χ3n) is 4.19. The zero-order valence-electron chi connectivity index (χ0n) is 15.2. The van der Waals surface area contributed by atoms with E-state index in [0.717, 1.165) is 38.7 Å². The summed E-state index contributed by atoms with van der Waals surface area (Å²) in [6.07, 6.45) is 5.44. The zero-order valence-corrected chi connectivity index (χ0v) is 16.0. The number of amides is 2. The van der Waals surface area contributed by atoms with E-state index in [0.29, 0.717) is 24.2 Å². The van der Waals surface area contributed by atoms with E-state index >= 15 is 0 Å². The first kappa shape index (κ1) is 20.3. The predicted molar refractivity (Wildman–Crippen MR) is 106 cm³/mol. The molecule has 1 fully saturated rings. The summed E-state index contributed by atoms with van der Waals surface area (Å²) in [5, 5.41) is 8.70. The van der Waals surface area contributed by atoms with E-state index in [-0.39, 0.29) is 23.0 Å². The first-order valence-corrected chi connectivity index (χ1v) is 9.60. The summed E-state index contributed by atoms with van der Waals surface area (Å²) < 4.78 is 5.52. The molecule has 26 heavy (non-hydrogen) atoms. The number of rotatable bonds is 8. The van der Waals surface area contributed by atoms with Crippen LogP contribution in [0.15, 0.2) is 24.3 Å². The number of benzene rings is 1. The van der Waals surface area contributed by atoms with Crippen molar-refractivity contribution < 1.29 is 14.3 Å². The van der Waals surface area contributed by atoms with Crippen molar-refractivity contribution in [2.75, 3.05) is 18.5 Å². The predicted octanol–water partition coefficient (Wildman–Crippen LogP) is 2.99. The highest BCUT2D eigenvalue weighted by atomic mass is 32.1. The molecule has 1 saturated heterocycles. The van der Waals surface area contributed by atoms with Gasteiger partial charge in [-0.05, 0) is 43.6 Å². The SMILES string of the molecule is CCCCCC(=O)NC(=S)Nc1ccccc1C(=O)NC[C@@H]1CCCO1.